The maximum absolute atomic E-state index is 12.6. The van der Waals surface area contributed by atoms with E-state index < -0.39 is 5.63 Å². The molecule has 0 radical (unpaired) electrons. The van der Waals surface area contributed by atoms with Gasteiger partial charge in [-0.2, -0.15) is 0 Å². The van der Waals surface area contributed by atoms with Gasteiger partial charge in [0.1, 0.15) is 11.3 Å². The predicted molar refractivity (Wildman–Crippen MR) is 96.4 cm³/mol. The van der Waals surface area contributed by atoms with Gasteiger partial charge in [-0.25, -0.2) is 4.79 Å². The molecule has 1 aromatic heterocycles. The topological polar surface area (TPSA) is 91.1 Å². The Kier molecular flexibility index (Phi) is 4.91. The van der Waals surface area contributed by atoms with Gasteiger partial charge < -0.3 is 19.3 Å². The minimum Gasteiger partial charge on any atom is -0.506 e. The summed E-state index contributed by atoms with van der Waals surface area (Å²) in [5, 5.41) is 10.4. The third kappa shape index (κ3) is 3.39. The van der Waals surface area contributed by atoms with Crippen molar-refractivity contribution < 1.29 is 19.1 Å². The molecule has 8 heteroatoms. The van der Waals surface area contributed by atoms with E-state index in [0.29, 0.717) is 37.1 Å². The molecule has 1 aliphatic rings. The Morgan fingerprint density at radius 1 is 1.19 bits per heavy atom. The molecule has 0 unspecified atom stereocenters. The van der Waals surface area contributed by atoms with E-state index >= 15 is 0 Å². The average molecular weight is 379 g/mol. The van der Waals surface area contributed by atoms with Crippen LogP contribution >= 0.6 is 11.6 Å². The Morgan fingerprint density at radius 3 is 2.42 bits per heavy atom. The highest BCUT2D eigenvalue weighted by atomic mass is 35.5. The summed E-state index contributed by atoms with van der Waals surface area (Å²) in [4.78, 5) is 39.6. The van der Waals surface area contributed by atoms with Crippen LogP contribution in [0.1, 0.15) is 18.1 Å². The number of piperazine rings is 1. The predicted octanol–water partition coefficient (Wildman–Crippen LogP) is 1.69. The normalized spacial score (nSPS) is 14.7. The van der Waals surface area contributed by atoms with Crippen molar-refractivity contribution in [1.29, 1.82) is 0 Å². The average Bonchev–Trinajstić information content (AvgIpc) is 2.60. The van der Waals surface area contributed by atoms with Crippen molar-refractivity contribution in [2.24, 2.45) is 0 Å². The Labute approximate surface area is 154 Å². The second kappa shape index (κ2) is 6.99. The number of amides is 2. The van der Waals surface area contributed by atoms with Gasteiger partial charge in [-0.05, 0) is 18.6 Å². The summed E-state index contributed by atoms with van der Waals surface area (Å²) in [5.74, 6) is -0.370. The molecule has 2 amide bonds. The number of nitrogens with zero attached hydrogens (tertiary/aromatic N) is 2. The molecule has 0 saturated carbocycles. The number of aromatic hydroxyl groups is 1. The lowest BCUT2D eigenvalue weighted by molar-refractivity contribution is -0.138. The van der Waals surface area contributed by atoms with Gasteiger partial charge in [0.15, 0.2) is 0 Å². The number of phenolic OH excluding ortho intramolecular Hbond substituents is 1. The summed E-state index contributed by atoms with van der Waals surface area (Å²) in [6.45, 7) is 5.08. The van der Waals surface area contributed by atoms with E-state index in [9.17, 15) is 19.5 Å². The number of hydrogen-bond donors (Lipinski definition) is 1. The molecule has 1 N–H and O–H groups in total. The summed E-state index contributed by atoms with van der Waals surface area (Å²) in [5.41, 5.74) is 0.500. The van der Waals surface area contributed by atoms with Crippen molar-refractivity contribution in [2.45, 2.75) is 20.3 Å². The molecule has 3 rings (SSSR count). The van der Waals surface area contributed by atoms with E-state index in [2.05, 4.69) is 0 Å². The number of carbonyl (C=O) groups is 2. The number of halogens is 1. The standard InChI is InChI=1S/C18H19ClN2O5/c1-10-12-7-14(19)15(23)9-16(12)26-18(25)13(10)8-17(24)21-5-3-20(4-6-21)11(2)22/h7,9,23H,3-6,8H2,1-2H3. The van der Waals surface area contributed by atoms with Crippen LogP contribution in [0.4, 0.5) is 0 Å². The lowest BCUT2D eigenvalue weighted by atomic mass is 10.0. The number of phenols is 1. The summed E-state index contributed by atoms with van der Waals surface area (Å²) in [7, 11) is 0. The summed E-state index contributed by atoms with van der Waals surface area (Å²) in [6, 6.07) is 2.81. The van der Waals surface area contributed by atoms with E-state index in [-0.39, 0.29) is 40.2 Å². The first kappa shape index (κ1) is 18.3. The zero-order chi connectivity index (χ0) is 19.0. The maximum atomic E-state index is 12.6. The fraction of sp³-hybridized carbons (Fsp3) is 0.389. The second-order valence-electron chi connectivity index (χ2n) is 6.36. The Morgan fingerprint density at radius 2 is 1.81 bits per heavy atom. The van der Waals surface area contributed by atoms with E-state index in [4.69, 9.17) is 16.0 Å². The highest BCUT2D eigenvalue weighted by molar-refractivity contribution is 6.32. The van der Waals surface area contributed by atoms with Gasteiger partial charge in [0.2, 0.25) is 11.8 Å². The Balaban J connectivity index is 1.85. The zero-order valence-electron chi connectivity index (χ0n) is 14.5. The number of aryl methyl sites for hydroxylation is 1. The van der Waals surface area contributed by atoms with Crippen molar-refractivity contribution >= 4 is 34.4 Å². The lowest BCUT2D eigenvalue weighted by Gasteiger charge is -2.34. The monoisotopic (exact) mass is 378 g/mol. The molecule has 138 valence electrons. The third-order valence-electron chi connectivity index (χ3n) is 4.76. The number of hydrogen-bond acceptors (Lipinski definition) is 5. The fourth-order valence-electron chi connectivity index (χ4n) is 3.14. The van der Waals surface area contributed by atoms with E-state index in [1.807, 2.05) is 0 Å². The van der Waals surface area contributed by atoms with Crippen molar-refractivity contribution in [3.63, 3.8) is 0 Å². The molecule has 0 bridgehead atoms. The van der Waals surface area contributed by atoms with Gasteiger partial charge in [-0.1, -0.05) is 11.6 Å². The number of carbonyl (C=O) groups excluding carboxylic acids is 2. The number of fused-ring (bicyclic) bond motifs is 1. The van der Waals surface area contributed by atoms with Gasteiger partial charge in [-0.15, -0.1) is 0 Å². The molecule has 7 nitrogen and oxygen atoms in total. The SMILES string of the molecule is CC(=O)N1CCN(C(=O)Cc2c(C)c3cc(Cl)c(O)cc3oc2=O)CC1. The van der Waals surface area contributed by atoms with Crippen molar-refractivity contribution in [3.8, 4) is 5.75 Å². The van der Waals surface area contributed by atoms with Crippen LogP contribution in [0, 0.1) is 6.92 Å². The van der Waals surface area contributed by atoms with Crippen molar-refractivity contribution in [1.82, 2.24) is 9.80 Å². The van der Waals surface area contributed by atoms with Gasteiger partial charge in [0, 0.05) is 44.6 Å². The zero-order valence-corrected chi connectivity index (χ0v) is 15.3. The summed E-state index contributed by atoms with van der Waals surface area (Å²) >= 11 is 5.94. The van der Waals surface area contributed by atoms with Gasteiger partial charge in [0.05, 0.1) is 17.0 Å². The third-order valence-corrected chi connectivity index (χ3v) is 5.06. The molecule has 1 fully saturated rings. The quantitative estimate of drug-likeness (QED) is 0.803. The highest BCUT2D eigenvalue weighted by Gasteiger charge is 2.24. The second-order valence-corrected chi connectivity index (χ2v) is 6.76. The highest BCUT2D eigenvalue weighted by Crippen LogP contribution is 2.30. The largest absolute Gasteiger partial charge is 0.506 e. The molecular weight excluding hydrogens is 360 g/mol. The molecule has 1 aromatic carbocycles. The summed E-state index contributed by atoms with van der Waals surface area (Å²) in [6.07, 6.45) is -0.0807. The van der Waals surface area contributed by atoms with Gasteiger partial charge in [0.25, 0.3) is 0 Å². The van der Waals surface area contributed by atoms with Crippen LogP contribution in [0.15, 0.2) is 21.3 Å². The first-order valence-electron chi connectivity index (χ1n) is 8.26. The van der Waals surface area contributed by atoms with E-state index in [0.717, 1.165) is 0 Å². The first-order valence-corrected chi connectivity index (χ1v) is 8.64. The van der Waals surface area contributed by atoms with Crippen molar-refractivity contribution in [2.75, 3.05) is 26.2 Å². The summed E-state index contributed by atoms with van der Waals surface area (Å²) < 4.78 is 5.25. The maximum Gasteiger partial charge on any atom is 0.340 e. The minimum atomic E-state index is -0.604. The molecule has 2 heterocycles. The number of rotatable bonds is 2. The molecule has 0 spiro atoms. The van der Waals surface area contributed by atoms with Gasteiger partial charge >= 0.3 is 5.63 Å². The molecule has 0 aliphatic carbocycles. The van der Waals surface area contributed by atoms with Crippen LogP contribution in [0.3, 0.4) is 0 Å². The molecule has 1 aliphatic heterocycles. The molecule has 1 saturated heterocycles. The Bertz CT molecular complexity index is 945. The van der Waals surface area contributed by atoms with Gasteiger partial charge in [-0.3, -0.25) is 9.59 Å². The molecular formula is C18H19ClN2O5. The minimum absolute atomic E-state index is 0.0109. The van der Waals surface area contributed by atoms with E-state index in [1.165, 1.54) is 19.1 Å². The smallest absolute Gasteiger partial charge is 0.340 e. The van der Waals surface area contributed by atoms with Crippen LogP contribution in [0.5, 0.6) is 5.75 Å². The van der Waals surface area contributed by atoms with Crippen molar-refractivity contribution in [3.05, 3.63) is 38.7 Å². The van der Waals surface area contributed by atoms with Crippen LogP contribution < -0.4 is 5.63 Å². The van der Waals surface area contributed by atoms with Crippen LogP contribution in [0.25, 0.3) is 11.0 Å². The van der Waals surface area contributed by atoms with Crippen LogP contribution in [-0.2, 0) is 16.0 Å². The molecule has 0 atom stereocenters. The molecule has 26 heavy (non-hydrogen) atoms. The Hall–Kier alpha value is -2.54. The number of benzene rings is 1. The van der Waals surface area contributed by atoms with Crippen LogP contribution in [-0.4, -0.2) is 52.9 Å². The van der Waals surface area contributed by atoms with Crippen LogP contribution in [0.2, 0.25) is 5.02 Å². The van der Waals surface area contributed by atoms with E-state index in [1.54, 1.807) is 16.7 Å². The first-order chi connectivity index (χ1) is 12.3. The fourth-order valence-corrected chi connectivity index (χ4v) is 3.30. The lowest BCUT2D eigenvalue weighted by Crippen LogP contribution is -2.50. The molecule has 2 aromatic rings.